The van der Waals surface area contributed by atoms with E-state index in [9.17, 15) is 4.39 Å². The number of hydrogen-bond donors (Lipinski definition) is 0. The molecule has 0 spiro atoms. The van der Waals surface area contributed by atoms with Crippen molar-refractivity contribution >= 4 is 21.9 Å². The molecule has 4 heterocycles. The number of halogens is 1. The minimum Gasteiger partial charge on any atom is -0.307 e. The second-order valence-corrected chi connectivity index (χ2v) is 9.47. The van der Waals surface area contributed by atoms with Crippen LogP contribution in [0.5, 0.6) is 0 Å². The van der Waals surface area contributed by atoms with E-state index in [0.717, 1.165) is 38.6 Å². The molecule has 0 unspecified atom stereocenters. The summed E-state index contributed by atoms with van der Waals surface area (Å²) >= 11 is 0. The van der Waals surface area contributed by atoms with Gasteiger partial charge in [0.25, 0.3) is 0 Å². The van der Waals surface area contributed by atoms with Crippen LogP contribution in [-0.2, 0) is 5.54 Å². The summed E-state index contributed by atoms with van der Waals surface area (Å²) in [7, 11) is 0. The van der Waals surface area contributed by atoms with Crippen LogP contribution >= 0.6 is 0 Å². The molecular weight excluding hydrogens is 507 g/mol. The van der Waals surface area contributed by atoms with Gasteiger partial charge in [-0.05, 0) is 47.0 Å². The largest absolute Gasteiger partial charge is 0.307 e. The van der Waals surface area contributed by atoms with Crippen LogP contribution < -0.4 is 0 Å². The van der Waals surface area contributed by atoms with E-state index < -0.39 is 5.54 Å². The first kappa shape index (κ1) is 26.1. The van der Waals surface area contributed by atoms with Crippen molar-refractivity contribution in [2.24, 2.45) is 0 Å². The highest BCUT2D eigenvalue weighted by Crippen LogP contribution is 2.45. The summed E-state index contributed by atoms with van der Waals surface area (Å²) in [5.74, 6) is -0.378. The topological polar surface area (TPSA) is 43.6 Å². The Morgan fingerprint density at radius 2 is 1.15 bits per heavy atom. The SMILES string of the molecule is CC.Fc1ccc(-c2ccc3c4cnccc4n(C(c4ccccc4)(c4ccccc4)c4ccccc4)c3n2)nc1. The van der Waals surface area contributed by atoms with E-state index in [1.165, 1.54) is 12.3 Å². The first-order valence-corrected chi connectivity index (χ1v) is 13.8. The zero-order valence-corrected chi connectivity index (χ0v) is 22.9. The van der Waals surface area contributed by atoms with Crippen LogP contribution in [0.4, 0.5) is 4.39 Å². The molecule has 0 bridgehead atoms. The molecule has 7 rings (SSSR count). The van der Waals surface area contributed by atoms with Crippen LogP contribution in [0.2, 0.25) is 0 Å². The van der Waals surface area contributed by atoms with Crippen LogP contribution in [0, 0.1) is 5.82 Å². The summed E-state index contributed by atoms with van der Waals surface area (Å²) in [6.07, 6.45) is 4.95. The molecular formula is C36H29FN4. The molecule has 0 saturated heterocycles. The molecule has 0 aliphatic heterocycles. The maximum atomic E-state index is 13.7. The molecule has 4 nitrogen and oxygen atoms in total. The lowest BCUT2D eigenvalue weighted by atomic mass is 9.76. The van der Waals surface area contributed by atoms with Gasteiger partial charge >= 0.3 is 0 Å². The lowest BCUT2D eigenvalue weighted by Crippen LogP contribution is -2.37. The first-order chi connectivity index (χ1) is 20.3. The highest BCUT2D eigenvalue weighted by atomic mass is 19.1. The number of fused-ring (bicyclic) bond motifs is 3. The zero-order chi connectivity index (χ0) is 28.2. The minimum atomic E-state index is -0.757. The van der Waals surface area contributed by atoms with E-state index in [0.29, 0.717) is 11.4 Å². The molecule has 0 atom stereocenters. The molecule has 0 N–H and O–H groups in total. The van der Waals surface area contributed by atoms with Gasteiger partial charge in [0.1, 0.15) is 17.0 Å². The Bertz CT molecular complexity index is 1800. The molecule has 0 radical (unpaired) electrons. The summed E-state index contributed by atoms with van der Waals surface area (Å²) in [5.41, 5.74) is 5.62. The fraction of sp³-hybridized carbons (Fsp3) is 0.0833. The molecule has 5 heteroatoms. The third kappa shape index (κ3) is 4.36. The quantitative estimate of drug-likeness (QED) is 0.207. The van der Waals surface area contributed by atoms with E-state index in [1.54, 1.807) is 6.07 Å². The average molecular weight is 537 g/mol. The second-order valence-electron chi connectivity index (χ2n) is 9.47. The molecule has 4 aromatic heterocycles. The van der Waals surface area contributed by atoms with Crippen LogP contribution in [-0.4, -0.2) is 19.5 Å². The molecule has 0 amide bonds. The summed E-state index contributed by atoms with van der Waals surface area (Å²) in [6.45, 7) is 4.00. The van der Waals surface area contributed by atoms with E-state index in [4.69, 9.17) is 4.98 Å². The van der Waals surface area contributed by atoms with Gasteiger partial charge in [-0.3, -0.25) is 9.97 Å². The molecule has 3 aromatic carbocycles. The van der Waals surface area contributed by atoms with Gasteiger partial charge in [-0.1, -0.05) is 105 Å². The smallest absolute Gasteiger partial charge is 0.143 e. The number of benzene rings is 3. The minimum absolute atomic E-state index is 0.378. The third-order valence-corrected chi connectivity index (χ3v) is 7.32. The summed E-state index contributed by atoms with van der Waals surface area (Å²) in [4.78, 5) is 14.0. The Morgan fingerprint density at radius 3 is 1.68 bits per heavy atom. The van der Waals surface area contributed by atoms with Crippen LogP contribution in [0.3, 0.4) is 0 Å². The maximum absolute atomic E-state index is 13.7. The number of aromatic nitrogens is 4. The molecule has 0 fully saturated rings. The maximum Gasteiger partial charge on any atom is 0.143 e. The van der Waals surface area contributed by atoms with Crippen molar-refractivity contribution < 1.29 is 4.39 Å². The molecule has 0 saturated carbocycles. The third-order valence-electron chi connectivity index (χ3n) is 7.32. The Morgan fingerprint density at radius 1 is 0.585 bits per heavy atom. The molecule has 0 aliphatic rings. The van der Waals surface area contributed by atoms with Gasteiger partial charge in [0.05, 0.1) is 23.1 Å². The van der Waals surface area contributed by atoms with Gasteiger partial charge in [0, 0.05) is 23.2 Å². The Hall–Kier alpha value is -5.16. The fourth-order valence-electron chi connectivity index (χ4n) is 5.67. The Kier molecular flexibility index (Phi) is 7.09. The van der Waals surface area contributed by atoms with Crippen molar-refractivity contribution in [1.82, 2.24) is 19.5 Å². The predicted molar refractivity (Wildman–Crippen MR) is 164 cm³/mol. The van der Waals surface area contributed by atoms with Crippen LogP contribution in [0.25, 0.3) is 33.3 Å². The number of nitrogens with zero attached hydrogens (tertiary/aromatic N) is 4. The van der Waals surface area contributed by atoms with E-state index in [1.807, 2.05) is 50.5 Å². The standard InChI is InChI=1S/C34H23FN4.C2H6/c35-27-16-18-30(37-22-27)31-19-17-28-29-23-36-21-20-32(29)39(33(28)38-31)34(24-10-4-1-5-11-24,25-12-6-2-7-13-25)26-14-8-3-9-15-26;1-2/h1-23H;1-2H3. The van der Waals surface area contributed by atoms with Crippen molar-refractivity contribution in [2.75, 3.05) is 0 Å². The zero-order valence-electron chi connectivity index (χ0n) is 22.9. The fourth-order valence-corrected chi connectivity index (χ4v) is 5.67. The number of rotatable bonds is 5. The van der Waals surface area contributed by atoms with Gasteiger partial charge in [-0.15, -0.1) is 0 Å². The Balaban J connectivity index is 0.00000148. The van der Waals surface area contributed by atoms with Crippen LogP contribution in [0.1, 0.15) is 30.5 Å². The normalized spacial score (nSPS) is 11.3. The van der Waals surface area contributed by atoms with E-state index in [2.05, 4.69) is 99.5 Å². The number of pyridine rings is 3. The first-order valence-electron chi connectivity index (χ1n) is 13.8. The molecule has 41 heavy (non-hydrogen) atoms. The molecule has 200 valence electrons. The van der Waals surface area contributed by atoms with Gasteiger partial charge in [-0.25, -0.2) is 9.37 Å². The van der Waals surface area contributed by atoms with Gasteiger partial charge in [-0.2, -0.15) is 0 Å². The van der Waals surface area contributed by atoms with Gasteiger partial charge < -0.3 is 4.57 Å². The monoisotopic (exact) mass is 536 g/mol. The number of hydrogen-bond acceptors (Lipinski definition) is 3. The molecule has 0 aliphatic carbocycles. The average Bonchev–Trinajstić information content (AvgIpc) is 3.38. The Labute approximate surface area is 238 Å². The lowest BCUT2D eigenvalue weighted by molar-refractivity contribution is 0.546. The summed E-state index contributed by atoms with van der Waals surface area (Å²) < 4.78 is 16.0. The van der Waals surface area contributed by atoms with E-state index >= 15 is 0 Å². The highest BCUT2D eigenvalue weighted by molar-refractivity contribution is 6.07. The van der Waals surface area contributed by atoms with Crippen molar-refractivity contribution in [1.29, 1.82) is 0 Å². The lowest BCUT2D eigenvalue weighted by Gasteiger charge is -2.38. The van der Waals surface area contributed by atoms with Gasteiger partial charge in [0.15, 0.2) is 0 Å². The highest BCUT2D eigenvalue weighted by Gasteiger charge is 2.41. The van der Waals surface area contributed by atoms with Crippen LogP contribution in [0.15, 0.2) is 140 Å². The van der Waals surface area contributed by atoms with E-state index in [-0.39, 0.29) is 5.82 Å². The van der Waals surface area contributed by atoms with Crippen molar-refractivity contribution in [2.45, 2.75) is 19.4 Å². The van der Waals surface area contributed by atoms with Crippen molar-refractivity contribution in [3.63, 3.8) is 0 Å². The summed E-state index contributed by atoms with van der Waals surface area (Å²) in [5, 5.41) is 1.99. The predicted octanol–water partition coefficient (Wildman–Crippen LogP) is 8.65. The van der Waals surface area contributed by atoms with Gasteiger partial charge in [0.2, 0.25) is 0 Å². The second kappa shape index (κ2) is 11.1. The van der Waals surface area contributed by atoms with Crippen molar-refractivity contribution in [3.05, 3.63) is 162 Å². The summed E-state index contributed by atoms with van der Waals surface area (Å²) in [6, 6.07) is 40.7. The van der Waals surface area contributed by atoms with Crippen molar-refractivity contribution in [3.8, 4) is 11.4 Å². The molecule has 7 aromatic rings.